The minimum atomic E-state index is -0.0141. The van der Waals surface area contributed by atoms with Crippen LogP contribution in [0.1, 0.15) is 35.8 Å². The molecule has 1 fully saturated rings. The van der Waals surface area contributed by atoms with Crippen LogP contribution in [0.4, 0.5) is 0 Å². The molecule has 0 radical (unpaired) electrons. The molecule has 2 aromatic rings. The average Bonchev–Trinajstić information content (AvgIpc) is 3.24. The van der Waals surface area contributed by atoms with Gasteiger partial charge < -0.3 is 0 Å². The minimum absolute atomic E-state index is 0.0141. The van der Waals surface area contributed by atoms with Gasteiger partial charge in [-0.1, -0.05) is 60.7 Å². The zero-order valence-electron chi connectivity index (χ0n) is 11.9. The van der Waals surface area contributed by atoms with E-state index in [0.717, 1.165) is 5.56 Å². The van der Waals surface area contributed by atoms with Crippen LogP contribution >= 0.6 is 0 Å². The summed E-state index contributed by atoms with van der Waals surface area (Å²) in [5, 5.41) is 0. The molecule has 0 aliphatic carbocycles. The van der Waals surface area contributed by atoms with E-state index in [2.05, 4.69) is 30.9 Å². The maximum absolute atomic E-state index is 12.7. The molecule has 0 N–H and O–H groups in total. The van der Waals surface area contributed by atoms with E-state index in [1.807, 2.05) is 48.5 Å². The van der Waals surface area contributed by atoms with Gasteiger partial charge in [0, 0.05) is 11.6 Å². The monoisotopic (exact) mass is 265 g/mol. The van der Waals surface area contributed by atoms with E-state index >= 15 is 0 Å². The normalized spacial score (nSPS) is 24.6. The lowest BCUT2D eigenvalue weighted by Crippen LogP contribution is -2.18. The number of hydrogen-bond donors (Lipinski definition) is 0. The number of rotatable bonds is 4. The Bertz CT molecular complexity index is 591. The molecule has 20 heavy (non-hydrogen) atoms. The molecule has 0 bridgehead atoms. The first-order valence-corrected chi connectivity index (χ1v) is 7.12. The smallest absolute Gasteiger partial charge is 0.181 e. The van der Waals surface area contributed by atoms with E-state index in [4.69, 9.17) is 0 Å². The molecule has 1 saturated heterocycles. The van der Waals surface area contributed by atoms with Crippen molar-refractivity contribution in [2.75, 3.05) is 0 Å². The molecule has 2 heteroatoms. The van der Waals surface area contributed by atoms with Gasteiger partial charge in [-0.15, -0.1) is 0 Å². The minimum Gasteiger partial charge on any atom is -0.292 e. The van der Waals surface area contributed by atoms with Crippen molar-refractivity contribution in [2.45, 2.75) is 32.0 Å². The summed E-state index contributed by atoms with van der Waals surface area (Å²) >= 11 is 0. The topological polar surface area (TPSA) is 20.1 Å². The van der Waals surface area contributed by atoms with Crippen LogP contribution in [0.2, 0.25) is 0 Å². The Morgan fingerprint density at radius 2 is 1.50 bits per heavy atom. The van der Waals surface area contributed by atoms with E-state index in [0.29, 0.717) is 6.04 Å². The predicted octanol–water partition coefficient (Wildman–Crippen LogP) is 3.70. The molecule has 1 aliphatic rings. The molecule has 1 aliphatic heterocycles. The summed E-state index contributed by atoms with van der Waals surface area (Å²) in [6.45, 7) is 4.29. The maximum atomic E-state index is 12.7. The molecular formula is C18H19NO. The van der Waals surface area contributed by atoms with Crippen LogP contribution < -0.4 is 0 Å². The highest BCUT2D eigenvalue weighted by Crippen LogP contribution is 2.46. The zero-order valence-corrected chi connectivity index (χ0v) is 11.9. The second-order valence-electron chi connectivity index (χ2n) is 5.57. The molecule has 3 rings (SSSR count). The first-order valence-electron chi connectivity index (χ1n) is 7.12. The van der Waals surface area contributed by atoms with E-state index in [9.17, 15) is 4.79 Å². The number of carbonyl (C=O) groups is 1. The van der Waals surface area contributed by atoms with Crippen molar-refractivity contribution in [1.29, 1.82) is 0 Å². The van der Waals surface area contributed by atoms with Gasteiger partial charge in [-0.25, -0.2) is 0 Å². The Hall–Kier alpha value is -1.93. The Morgan fingerprint density at radius 1 is 0.950 bits per heavy atom. The largest absolute Gasteiger partial charge is 0.292 e. The Kier molecular flexibility index (Phi) is 3.41. The van der Waals surface area contributed by atoms with E-state index in [-0.39, 0.29) is 17.9 Å². The van der Waals surface area contributed by atoms with Gasteiger partial charge in [0.1, 0.15) is 0 Å². The maximum Gasteiger partial charge on any atom is 0.181 e. The number of carbonyl (C=O) groups excluding carboxylic acids is 1. The molecule has 102 valence electrons. The van der Waals surface area contributed by atoms with Crippen molar-refractivity contribution in [3.8, 4) is 0 Å². The number of nitrogens with zero attached hydrogens (tertiary/aromatic N) is 1. The summed E-state index contributed by atoms with van der Waals surface area (Å²) in [4.78, 5) is 14.9. The SMILES string of the molecule is CC(C)N1[C@H](c2ccccc2)[C@@H]1C(=O)c1ccccc1. The van der Waals surface area contributed by atoms with Gasteiger partial charge in [0.2, 0.25) is 0 Å². The van der Waals surface area contributed by atoms with E-state index < -0.39 is 0 Å². The van der Waals surface area contributed by atoms with Gasteiger partial charge in [-0.05, 0) is 19.4 Å². The Labute approximate surface area is 120 Å². The van der Waals surface area contributed by atoms with Gasteiger partial charge in [-0.2, -0.15) is 0 Å². The highest BCUT2D eigenvalue weighted by molar-refractivity contribution is 6.02. The van der Waals surface area contributed by atoms with Crippen molar-refractivity contribution in [1.82, 2.24) is 4.90 Å². The van der Waals surface area contributed by atoms with E-state index in [1.54, 1.807) is 0 Å². The van der Waals surface area contributed by atoms with Crippen molar-refractivity contribution < 1.29 is 4.79 Å². The molecule has 0 aromatic heterocycles. The third-order valence-electron chi connectivity index (χ3n) is 3.92. The van der Waals surface area contributed by atoms with Crippen molar-refractivity contribution in [3.05, 3.63) is 71.8 Å². The van der Waals surface area contributed by atoms with Crippen LogP contribution in [0.5, 0.6) is 0 Å². The standard InChI is InChI=1S/C18H19NO/c1-13(2)19-16(14-9-5-3-6-10-14)17(19)18(20)15-11-7-4-8-12-15/h3-13,16-17H,1-2H3/t16-,17-,19?/m1/s1. The average molecular weight is 265 g/mol. The first kappa shape index (κ1) is 13.1. The predicted molar refractivity (Wildman–Crippen MR) is 80.7 cm³/mol. The highest BCUT2D eigenvalue weighted by Gasteiger charge is 2.54. The van der Waals surface area contributed by atoms with Gasteiger partial charge >= 0.3 is 0 Å². The number of ketones is 1. The van der Waals surface area contributed by atoms with Crippen molar-refractivity contribution in [3.63, 3.8) is 0 Å². The fourth-order valence-electron chi connectivity index (χ4n) is 2.95. The Morgan fingerprint density at radius 3 is 2.05 bits per heavy atom. The van der Waals surface area contributed by atoms with Crippen LogP contribution in [0.3, 0.4) is 0 Å². The van der Waals surface area contributed by atoms with Crippen LogP contribution in [-0.2, 0) is 0 Å². The fraction of sp³-hybridized carbons (Fsp3) is 0.278. The number of benzene rings is 2. The first-order chi connectivity index (χ1) is 9.70. The second kappa shape index (κ2) is 5.22. The second-order valence-corrected chi connectivity index (χ2v) is 5.57. The Balaban J connectivity index is 1.88. The summed E-state index contributed by atoms with van der Waals surface area (Å²) in [7, 11) is 0. The lowest BCUT2D eigenvalue weighted by Gasteiger charge is -2.07. The van der Waals surface area contributed by atoms with Gasteiger partial charge in [0.15, 0.2) is 5.78 Å². The zero-order chi connectivity index (χ0) is 14.1. The third-order valence-corrected chi connectivity index (χ3v) is 3.92. The van der Waals surface area contributed by atoms with Crippen molar-refractivity contribution >= 4 is 5.78 Å². The molecule has 2 aromatic carbocycles. The molecule has 2 nitrogen and oxygen atoms in total. The molecule has 1 heterocycles. The molecular weight excluding hydrogens is 246 g/mol. The number of hydrogen-bond acceptors (Lipinski definition) is 2. The molecule has 3 atom stereocenters. The number of Topliss-reactive ketones (excluding diaryl/α,β-unsaturated/α-hetero) is 1. The van der Waals surface area contributed by atoms with Gasteiger partial charge in [-0.3, -0.25) is 9.69 Å². The van der Waals surface area contributed by atoms with Crippen LogP contribution in [0.15, 0.2) is 60.7 Å². The van der Waals surface area contributed by atoms with Gasteiger partial charge in [0.25, 0.3) is 0 Å². The molecule has 0 amide bonds. The van der Waals surface area contributed by atoms with Crippen LogP contribution in [0, 0.1) is 0 Å². The van der Waals surface area contributed by atoms with Gasteiger partial charge in [0.05, 0.1) is 12.1 Å². The fourth-order valence-corrected chi connectivity index (χ4v) is 2.95. The molecule has 0 spiro atoms. The lowest BCUT2D eigenvalue weighted by molar-refractivity contribution is 0.0969. The highest BCUT2D eigenvalue weighted by atomic mass is 16.1. The van der Waals surface area contributed by atoms with Crippen LogP contribution in [-0.4, -0.2) is 22.8 Å². The van der Waals surface area contributed by atoms with Crippen LogP contribution in [0.25, 0.3) is 0 Å². The third kappa shape index (κ3) is 2.27. The summed E-state index contributed by atoms with van der Waals surface area (Å²) in [6.07, 6.45) is 0. The molecule has 0 saturated carbocycles. The summed E-state index contributed by atoms with van der Waals surface area (Å²) < 4.78 is 0. The lowest BCUT2D eigenvalue weighted by atomic mass is 10.0. The van der Waals surface area contributed by atoms with Crippen molar-refractivity contribution in [2.24, 2.45) is 0 Å². The molecule has 1 unspecified atom stereocenters. The summed E-state index contributed by atoms with van der Waals surface area (Å²) in [6, 6.07) is 20.5. The summed E-state index contributed by atoms with van der Waals surface area (Å²) in [5.74, 6) is 0.230. The van der Waals surface area contributed by atoms with E-state index in [1.165, 1.54) is 5.56 Å². The summed E-state index contributed by atoms with van der Waals surface area (Å²) in [5.41, 5.74) is 2.04. The quantitative estimate of drug-likeness (QED) is 0.620.